The molecule has 3 aromatic carbocycles. The van der Waals surface area contributed by atoms with E-state index in [2.05, 4.69) is 5.32 Å². The summed E-state index contributed by atoms with van der Waals surface area (Å²) in [6.07, 6.45) is 4.65. The van der Waals surface area contributed by atoms with Gasteiger partial charge in [-0.15, -0.1) is 0 Å². The summed E-state index contributed by atoms with van der Waals surface area (Å²) in [6, 6.07) is 22.7. The lowest BCUT2D eigenvalue weighted by Gasteiger charge is -2.20. The molecule has 0 bridgehead atoms. The quantitative estimate of drug-likeness (QED) is 0.428. The van der Waals surface area contributed by atoms with Crippen molar-refractivity contribution in [3.63, 3.8) is 0 Å². The molecule has 194 valence electrons. The van der Waals surface area contributed by atoms with Crippen molar-refractivity contribution in [3.05, 3.63) is 105 Å². The number of aromatic nitrogens is 2. The normalized spacial score (nSPS) is 13.7. The molecule has 5 rings (SSSR count). The molecule has 1 fully saturated rings. The largest absolute Gasteiger partial charge is 0.342 e. The molecule has 38 heavy (non-hydrogen) atoms. The van der Waals surface area contributed by atoms with Crippen LogP contribution in [0.2, 0.25) is 0 Å². The number of fused-ring (bicyclic) bond motifs is 1. The average molecular weight is 511 g/mol. The van der Waals surface area contributed by atoms with E-state index in [1.807, 2.05) is 23.1 Å². The van der Waals surface area contributed by atoms with E-state index in [-0.39, 0.29) is 24.8 Å². The molecule has 8 heteroatoms. The predicted octanol–water partition coefficient (Wildman–Crippen LogP) is 3.74. The van der Waals surface area contributed by atoms with Gasteiger partial charge in [0.2, 0.25) is 11.8 Å². The number of likely N-dealkylation sites (tertiary alicyclic amines) is 1. The molecule has 0 unspecified atom stereocenters. The van der Waals surface area contributed by atoms with E-state index < -0.39 is 11.2 Å². The number of rotatable bonds is 6. The van der Waals surface area contributed by atoms with E-state index in [1.165, 1.54) is 4.57 Å². The second-order valence-electron chi connectivity index (χ2n) is 9.58. The number of nitrogens with zero attached hydrogens (tertiary/aromatic N) is 3. The number of para-hydroxylation sites is 2. The van der Waals surface area contributed by atoms with Crippen LogP contribution in [0.4, 0.5) is 5.69 Å². The molecule has 2 amide bonds. The Hall–Kier alpha value is -4.46. The van der Waals surface area contributed by atoms with Crippen molar-refractivity contribution in [2.45, 2.75) is 38.6 Å². The van der Waals surface area contributed by atoms with Gasteiger partial charge >= 0.3 is 5.69 Å². The Morgan fingerprint density at radius 2 is 1.42 bits per heavy atom. The number of carbonyl (C=O) groups excluding carboxylic acids is 2. The van der Waals surface area contributed by atoms with Gasteiger partial charge in [0.15, 0.2) is 0 Å². The summed E-state index contributed by atoms with van der Waals surface area (Å²) in [5.41, 5.74) is 1.15. The first kappa shape index (κ1) is 25.2. The fraction of sp³-hybridized carbons (Fsp3) is 0.267. The molecule has 1 aliphatic rings. The number of hydrogen-bond donors (Lipinski definition) is 1. The second kappa shape index (κ2) is 11.3. The fourth-order valence-corrected chi connectivity index (χ4v) is 4.94. The van der Waals surface area contributed by atoms with Gasteiger partial charge in [-0.3, -0.25) is 19.0 Å². The molecule has 1 N–H and O–H groups in total. The van der Waals surface area contributed by atoms with Gasteiger partial charge < -0.3 is 10.2 Å². The summed E-state index contributed by atoms with van der Waals surface area (Å²) < 4.78 is 2.39. The molecule has 0 radical (unpaired) electrons. The third-order valence-corrected chi connectivity index (χ3v) is 6.92. The van der Waals surface area contributed by atoms with Crippen LogP contribution in [0.5, 0.6) is 0 Å². The highest BCUT2D eigenvalue weighted by Crippen LogP contribution is 2.15. The molecule has 0 aliphatic carbocycles. The van der Waals surface area contributed by atoms with E-state index in [9.17, 15) is 19.2 Å². The van der Waals surface area contributed by atoms with Crippen LogP contribution in [0.3, 0.4) is 0 Å². The van der Waals surface area contributed by atoms with Gasteiger partial charge in [-0.05, 0) is 54.8 Å². The van der Waals surface area contributed by atoms with Gasteiger partial charge in [-0.1, -0.05) is 55.3 Å². The van der Waals surface area contributed by atoms with Crippen LogP contribution < -0.4 is 16.6 Å². The lowest BCUT2D eigenvalue weighted by Crippen LogP contribution is -2.40. The maximum atomic E-state index is 13.6. The Kier molecular flexibility index (Phi) is 7.49. The maximum absolute atomic E-state index is 13.6. The van der Waals surface area contributed by atoms with Gasteiger partial charge in [0, 0.05) is 18.8 Å². The molecular weight excluding hydrogens is 480 g/mol. The minimum absolute atomic E-state index is 0.0920. The molecule has 2 heterocycles. The summed E-state index contributed by atoms with van der Waals surface area (Å²) in [4.78, 5) is 54.5. The first-order valence-electron chi connectivity index (χ1n) is 13.0. The highest BCUT2D eigenvalue weighted by Gasteiger charge is 2.18. The van der Waals surface area contributed by atoms with Crippen molar-refractivity contribution in [2.75, 3.05) is 18.4 Å². The van der Waals surface area contributed by atoms with Gasteiger partial charge in [-0.2, -0.15) is 0 Å². The summed E-state index contributed by atoms with van der Waals surface area (Å²) in [5.74, 6) is -0.287. The standard InChI is InChI=1S/C30H30N4O4/c35-27(31-23-10-4-3-5-11-23)21-33-26-13-7-6-12-25(26)29(37)34(30(33)38)24-16-14-22(15-17-24)20-28(36)32-18-8-1-2-9-19-32/h3-7,10-17H,1-2,8-9,18-21H2,(H,31,35). The molecular formula is C30H30N4O4. The Morgan fingerprint density at radius 3 is 2.13 bits per heavy atom. The first-order chi connectivity index (χ1) is 18.5. The summed E-state index contributed by atoms with van der Waals surface area (Å²) in [5, 5.41) is 3.12. The zero-order valence-electron chi connectivity index (χ0n) is 21.1. The Bertz CT molecular complexity index is 1560. The zero-order valence-corrected chi connectivity index (χ0v) is 21.1. The molecule has 0 spiro atoms. The maximum Gasteiger partial charge on any atom is 0.336 e. The minimum atomic E-state index is -0.606. The highest BCUT2D eigenvalue weighted by atomic mass is 16.2. The topological polar surface area (TPSA) is 93.4 Å². The number of nitrogens with one attached hydrogen (secondary N) is 1. The molecule has 0 atom stereocenters. The van der Waals surface area contributed by atoms with E-state index in [4.69, 9.17) is 0 Å². The number of amides is 2. The van der Waals surface area contributed by atoms with Crippen LogP contribution >= 0.6 is 0 Å². The van der Waals surface area contributed by atoms with Crippen LogP contribution in [0.25, 0.3) is 16.6 Å². The van der Waals surface area contributed by atoms with E-state index in [0.717, 1.165) is 48.9 Å². The molecule has 1 saturated heterocycles. The second-order valence-corrected chi connectivity index (χ2v) is 9.58. The first-order valence-corrected chi connectivity index (χ1v) is 13.0. The average Bonchev–Trinajstić information content (AvgIpc) is 3.23. The summed E-state index contributed by atoms with van der Waals surface area (Å²) in [7, 11) is 0. The van der Waals surface area contributed by atoms with Crippen molar-refractivity contribution >= 4 is 28.4 Å². The molecule has 1 aliphatic heterocycles. The van der Waals surface area contributed by atoms with E-state index >= 15 is 0 Å². The smallest absolute Gasteiger partial charge is 0.336 e. The van der Waals surface area contributed by atoms with Crippen molar-refractivity contribution in [3.8, 4) is 5.69 Å². The molecule has 8 nitrogen and oxygen atoms in total. The minimum Gasteiger partial charge on any atom is -0.342 e. The van der Waals surface area contributed by atoms with Crippen LogP contribution in [0.1, 0.15) is 31.2 Å². The zero-order chi connectivity index (χ0) is 26.5. The van der Waals surface area contributed by atoms with Crippen LogP contribution in [0.15, 0.2) is 88.5 Å². The van der Waals surface area contributed by atoms with Crippen molar-refractivity contribution in [1.29, 1.82) is 0 Å². The van der Waals surface area contributed by atoms with E-state index in [1.54, 1.807) is 60.7 Å². The van der Waals surface area contributed by atoms with Gasteiger partial charge in [0.05, 0.1) is 23.0 Å². The van der Waals surface area contributed by atoms with Crippen molar-refractivity contribution < 1.29 is 9.59 Å². The van der Waals surface area contributed by atoms with E-state index in [0.29, 0.717) is 22.3 Å². The monoisotopic (exact) mass is 510 g/mol. The Balaban J connectivity index is 1.44. The SMILES string of the molecule is O=C(Cn1c(=O)n(-c2ccc(CC(=O)N3CCCCCC3)cc2)c(=O)c2ccccc21)Nc1ccccc1. The van der Waals surface area contributed by atoms with Crippen LogP contribution in [-0.2, 0) is 22.6 Å². The summed E-state index contributed by atoms with van der Waals surface area (Å²) >= 11 is 0. The highest BCUT2D eigenvalue weighted by molar-refractivity contribution is 5.91. The van der Waals surface area contributed by atoms with Gasteiger partial charge in [0.25, 0.3) is 5.56 Å². The van der Waals surface area contributed by atoms with Gasteiger partial charge in [-0.25, -0.2) is 9.36 Å². The van der Waals surface area contributed by atoms with Crippen LogP contribution in [0, 0.1) is 0 Å². The number of carbonyl (C=O) groups is 2. The number of hydrogen-bond acceptors (Lipinski definition) is 4. The molecule has 4 aromatic rings. The van der Waals surface area contributed by atoms with Crippen molar-refractivity contribution in [2.24, 2.45) is 0 Å². The van der Waals surface area contributed by atoms with Crippen molar-refractivity contribution in [1.82, 2.24) is 14.0 Å². The Morgan fingerprint density at radius 1 is 0.763 bits per heavy atom. The predicted molar refractivity (Wildman–Crippen MR) is 148 cm³/mol. The van der Waals surface area contributed by atoms with Crippen LogP contribution in [-0.4, -0.2) is 38.9 Å². The summed E-state index contributed by atoms with van der Waals surface area (Å²) in [6.45, 7) is 1.33. The number of benzene rings is 3. The van der Waals surface area contributed by atoms with Gasteiger partial charge in [0.1, 0.15) is 6.54 Å². The lowest BCUT2D eigenvalue weighted by atomic mass is 10.1. The Labute approximate surface area is 220 Å². The molecule has 1 aromatic heterocycles. The molecule has 0 saturated carbocycles. The number of anilines is 1. The third-order valence-electron chi connectivity index (χ3n) is 6.92. The fourth-order valence-electron chi connectivity index (χ4n) is 4.94. The third kappa shape index (κ3) is 5.44. The lowest BCUT2D eigenvalue weighted by molar-refractivity contribution is -0.130.